The van der Waals surface area contributed by atoms with Gasteiger partial charge in [0.15, 0.2) is 0 Å². The highest BCUT2D eigenvalue weighted by atomic mass is 16.3. The molecule has 4 heteroatoms. The van der Waals surface area contributed by atoms with E-state index in [0.29, 0.717) is 23.8 Å². The minimum absolute atomic E-state index is 0.367. The van der Waals surface area contributed by atoms with Crippen molar-refractivity contribution >= 4 is 5.91 Å². The summed E-state index contributed by atoms with van der Waals surface area (Å²) < 4.78 is 0. The molecule has 0 spiro atoms. The van der Waals surface area contributed by atoms with E-state index in [0.717, 1.165) is 80.9 Å². The summed E-state index contributed by atoms with van der Waals surface area (Å²) in [4.78, 5) is 16.8. The molecule has 1 N–H and O–H groups in total. The number of carbonyl (C=O) groups excluding carboxylic acids is 1. The van der Waals surface area contributed by atoms with Crippen LogP contribution in [0.1, 0.15) is 38.5 Å². The van der Waals surface area contributed by atoms with E-state index in [4.69, 9.17) is 0 Å². The van der Waals surface area contributed by atoms with Gasteiger partial charge in [-0.2, -0.15) is 0 Å². The van der Waals surface area contributed by atoms with Crippen molar-refractivity contribution in [2.75, 3.05) is 26.2 Å². The van der Waals surface area contributed by atoms with Crippen molar-refractivity contribution in [1.82, 2.24) is 9.80 Å². The molecule has 6 saturated carbocycles. The second-order valence-corrected chi connectivity index (χ2v) is 10.5. The van der Waals surface area contributed by atoms with Crippen LogP contribution in [-0.4, -0.2) is 58.6 Å². The third-order valence-electron chi connectivity index (χ3n) is 10.0. The van der Waals surface area contributed by atoms with Gasteiger partial charge in [-0.05, 0) is 86.0 Å². The van der Waals surface area contributed by atoms with E-state index in [9.17, 15) is 9.90 Å². The maximum atomic E-state index is 12.2. The third-order valence-corrected chi connectivity index (χ3v) is 10.0. The Balaban J connectivity index is 1.13. The monoisotopic (exact) mass is 342 g/mol. The van der Waals surface area contributed by atoms with Gasteiger partial charge in [-0.25, -0.2) is 0 Å². The van der Waals surface area contributed by atoms with Crippen molar-refractivity contribution in [3.8, 4) is 0 Å². The van der Waals surface area contributed by atoms with Crippen LogP contribution >= 0.6 is 0 Å². The molecule has 0 aromatic heterocycles. The summed E-state index contributed by atoms with van der Waals surface area (Å²) in [5.41, 5.74) is -0.387. The lowest BCUT2D eigenvalue weighted by Crippen LogP contribution is -2.54. The molecular formula is C21H30N2O2. The SMILES string of the molecule is O=C1CCCN1C1CCCN(CC2(O)C3C4CC5C6CC(C53)C2C64)C1. The van der Waals surface area contributed by atoms with Crippen LogP contribution in [0.4, 0.5) is 0 Å². The molecule has 8 rings (SSSR count). The minimum atomic E-state index is -0.387. The predicted molar refractivity (Wildman–Crippen MR) is 92.5 cm³/mol. The lowest BCUT2D eigenvalue weighted by atomic mass is 9.71. The number of β-amino-alcohol motifs (C(OH)–C–C–N with tert-alkyl or cyclic N) is 1. The number of hydrogen-bond donors (Lipinski definition) is 1. The summed E-state index contributed by atoms with van der Waals surface area (Å²) >= 11 is 0. The summed E-state index contributed by atoms with van der Waals surface area (Å²) in [5.74, 6) is 7.12. The quantitative estimate of drug-likeness (QED) is 0.847. The normalized spacial score (nSPS) is 60.9. The van der Waals surface area contributed by atoms with Crippen molar-refractivity contribution in [1.29, 1.82) is 0 Å². The smallest absolute Gasteiger partial charge is 0.222 e. The van der Waals surface area contributed by atoms with Gasteiger partial charge < -0.3 is 10.0 Å². The summed E-state index contributed by atoms with van der Waals surface area (Å²) in [6.07, 6.45) is 7.04. The molecule has 0 aromatic rings. The average molecular weight is 342 g/mol. The van der Waals surface area contributed by atoms with Crippen molar-refractivity contribution in [3.05, 3.63) is 0 Å². The molecule has 2 heterocycles. The van der Waals surface area contributed by atoms with E-state index in [1.54, 1.807) is 0 Å². The zero-order chi connectivity index (χ0) is 16.5. The molecule has 0 aromatic carbocycles. The highest BCUT2D eigenvalue weighted by Gasteiger charge is 2.84. The fraction of sp³-hybridized carbons (Fsp3) is 0.952. The van der Waals surface area contributed by atoms with E-state index in [1.807, 2.05) is 0 Å². The maximum Gasteiger partial charge on any atom is 0.222 e. The van der Waals surface area contributed by atoms with Crippen LogP contribution in [0.25, 0.3) is 0 Å². The van der Waals surface area contributed by atoms with Crippen molar-refractivity contribution in [3.63, 3.8) is 0 Å². The lowest BCUT2D eigenvalue weighted by Gasteiger charge is -2.42. The van der Waals surface area contributed by atoms with Crippen molar-refractivity contribution in [2.45, 2.75) is 50.2 Å². The number of nitrogens with zero attached hydrogens (tertiary/aromatic N) is 2. The van der Waals surface area contributed by atoms with E-state index < -0.39 is 0 Å². The molecule has 0 radical (unpaired) electrons. The molecule has 8 aliphatic rings. The first-order chi connectivity index (χ1) is 12.2. The maximum absolute atomic E-state index is 12.2. The molecule has 2 saturated heterocycles. The Labute approximate surface area is 149 Å². The molecule has 136 valence electrons. The number of aliphatic hydroxyl groups is 1. The van der Waals surface area contributed by atoms with Gasteiger partial charge in [0.25, 0.3) is 0 Å². The predicted octanol–water partition coefficient (Wildman–Crippen LogP) is 1.58. The summed E-state index contributed by atoms with van der Waals surface area (Å²) in [7, 11) is 0. The first-order valence-electron chi connectivity index (χ1n) is 10.9. The molecule has 6 bridgehead atoms. The molecule has 25 heavy (non-hydrogen) atoms. The number of piperidine rings is 1. The molecule has 6 aliphatic carbocycles. The standard InChI is InChI=1S/C21H30N2O2/c24-16-4-2-6-23(16)11-3-1-5-22(9-11)10-21(25)19-14-7-12-13-8-15(17(12)19)20(21)18(13)14/h11-15,17-20,25H,1-10H2. The van der Waals surface area contributed by atoms with Crippen molar-refractivity contribution in [2.24, 2.45) is 47.3 Å². The first kappa shape index (κ1) is 14.4. The largest absolute Gasteiger partial charge is 0.388 e. The summed E-state index contributed by atoms with van der Waals surface area (Å²) in [6.45, 7) is 3.99. The molecule has 2 aliphatic heterocycles. The highest BCUT2D eigenvalue weighted by Crippen LogP contribution is 2.85. The first-order valence-corrected chi connectivity index (χ1v) is 10.9. The van der Waals surface area contributed by atoms with Gasteiger partial charge in [0.2, 0.25) is 5.91 Å². The van der Waals surface area contributed by atoms with E-state index in [-0.39, 0.29) is 5.60 Å². The Morgan fingerprint density at radius 2 is 1.72 bits per heavy atom. The fourth-order valence-electron chi connectivity index (χ4n) is 9.90. The van der Waals surface area contributed by atoms with Crippen LogP contribution in [0.5, 0.6) is 0 Å². The van der Waals surface area contributed by atoms with Gasteiger partial charge in [0.1, 0.15) is 0 Å². The van der Waals surface area contributed by atoms with Gasteiger partial charge in [0, 0.05) is 32.1 Å². The minimum Gasteiger partial charge on any atom is -0.388 e. The van der Waals surface area contributed by atoms with Gasteiger partial charge >= 0.3 is 0 Å². The van der Waals surface area contributed by atoms with Crippen LogP contribution in [0.3, 0.4) is 0 Å². The highest BCUT2D eigenvalue weighted by molar-refractivity contribution is 5.78. The van der Waals surface area contributed by atoms with Gasteiger partial charge in [0.05, 0.1) is 5.60 Å². The van der Waals surface area contributed by atoms with Crippen LogP contribution in [-0.2, 0) is 4.79 Å². The zero-order valence-corrected chi connectivity index (χ0v) is 15.0. The number of amides is 1. The van der Waals surface area contributed by atoms with Crippen molar-refractivity contribution < 1.29 is 9.90 Å². The number of likely N-dealkylation sites (tertiary alicyclic amines) is 2. The molecule has 9 atom stereocenters. The average Bonchev–Trinajstić information content (AvgIpc) is 3.36. The topological polar surface area (TPSA) is 43.8 Å². The van der Waals surface area contributed by atoms with Crippen LogP contribution in [0.2, 0.25) is 0 Å². The van der Waals surface area contributed by atoms with E-state index in [1.165, 1.54) is 19.3 Å². The Bertz CT molecular complexity index is 622. The Hall–Kier alpha value is -0.610. The third kappa shape index (κ3) is 1.50. The Morgan fingerprint density at radius 1 is 1.00 bits per heavy atom. The molecule has 8 fully saturated rings. The molecule has 1 amide bonds. The lowest BCUT2D eigenvalue weighted by molar-refractivity contribution is -0.131. The summed E-state index contributed by atoms with van der Waals surface area (Å²) in [5, 5.41) is 11.9. The van der Waals surface area contributed by atoms with Gasteiger partial charge in [-0.15, -0.1) is 0 Å². The Morgan fingerprint density at radius 3 is 2.36 bits per heavy atom. The van der Waals surface area contributed by atoms with Crippen LogP contribution < -0.4 is 0 Å². The van der Waals surface area contributed by atoms with Gasteiger partial charge in [-0.3, -0.25) is 9.69 Å². The summed E-state index contributed by atoms with van der Waals surface area (Å²) in [6, 6.07) is 0.408. The molecule has 9 unspecified atom stereocenters. The number of rotatable bonds is 3. The molecular weight excluding hydrogens is 312 g/mol. The number of hydrogen-bond acceptors (Lipinski definition) is 3. The fourth-order valence-corrected chi connectivity index (χ4v) is 9.90. The number of carbonyl (C=O) groups is 1. The molecule has 4 nitrogen and oxygen atoms in total. The van der Waals surface area contributed by atoms with Gasteiger partial charge in [-0.1, -0.05) is 0 Å². The van der Waals surface area contributed by atoms with Crippen LogP contribution in [0, 0.1) is 47.3 Å². The Kier molecular flexibility index (Phi) is 2.57. The second-order valence-electron chi connectivity index (χ2n) is 10.5. The second kappa shape index (κ2) is 4.44. The zero-order valence-electron chi connectivity index (χ0n) is 15.0. The van der Waals surface area contributed by atoms with Crippen LogP contribution in [0.15, 0.2) is 0 Å². The van der Waals surface area contributed by atoms with E-state index >= 15 is 0 Å². The van der Waals surface area contributed by atoms with E-state index in [2.05, 4.69) is 9.80 Å².